The molecule has 2 aromatic heterocycles. The van der Waals surface area contributed by atoms with Gasteiger partial charge >= 0.3 is 5.97 Å². The molecule has 0 saturated carbocycles. The molecule has 0 aliphatic carbocycles. The largest absolute Gasteiger partial charge is 0.477 e. The third-order valence-corrected chi connectivity index (χ3v) is 3.20. The van der Waals surface area contributed by atoms with Crippen LogP contribution in [-0.2, 0) is 6.42 Å². The number of aromatic nitrogens is 3. The number of nitrogens with zero attached hydrogens (tertiary/aromatic N) is 3. The predicted molar refractivity (Wildman–Crippen MR) is 75.2 cm³/mol. The zero-order valence-corrected chi connectivity index (χ0v) is 10.9. The zero-order chi connectivity index (χ0) is 14.1. The van der Waals surface area contributed by atoms with Crippen molar-refractivity contribution < 1.29 is 9.90 Å². The first-order valence-electron chi connectivity index (χ1n) is 6.36. The fourth-order valence-corrected chi connectivity index (χ4v) is 2.26. The van der Waals surface area contributed by atoms with E-state index in [9.17, 15) is 9.90 Å². The van der Waals surface area contributed by atoms with Crippen LogP contribution in [0, 0.1) is 0 Å². The van der Waals surface area contributed by atoms with Gasteiger partial charge in [0.1, 0.15) is 11.6 Å². The van der Waals surface area contributed by atoms with Crippen LogP contribution < -0.4 is 0 Å². The number of benzene rings is 1. The molecule has 0 saturated heterocycles. The van der Waals surface area contributed by atoms with Crippen molar-refractivity contribution >= 4 is 16.7 Å². The second-order valence-corrected chi connectivity index (χ2v) is 4.42. The van der Waals surface area contributed by atoms with Gasteiger partial charge in [0, 0.05) is 24.2 Å². The summed E-state index contributed by atoms with van der Waals surface area (Å²) in [5.74, 6) is 0.426. The van der Waals surface area contributed by atoms with Crippen molar-refractivity contribution in [3.05, 3.63) is 54.2 Å². The molecule has 0 amide bonds. The molecule has 3 aromatic rings. The van der Waals surface area contributed by atoms with Gasteiger partial charge in [0.25, 0.3) is 0 Å². The summed E-state index contributed by atoms with van der Waals surface area (Å²) in [6.45, 7) is 2.00. The summed E-state index contributed by atoms with van der Waals surface area (Å²) in [5, 5.41) is 11.0. The van der Waals surface area contributed by atoms with E-state index in [0.29, 0.717) is 5.82 Å². The third kappa shape index (κ3) is 1.93. The molecule has 0 spiro atoms. The number of carbonyl (C=O) groups is 1. The first-order chi connectivity index (χ1) is 9.70. The van der Waals surface area contributed by atoms with Gasteiger partial charge in [-0.1, -0.05) is 31.2 Å². The number of imidazole rings is 1. The maximum absolute atomic E-state index is 11.2. The lowest BCUT2D eigenvalue weighted by Crippen LogP contribution is -2.07. The van der Waals surface area contributed by atoms with Crippen molar-refractivity contribution in [3.8, 4) is 5.82 Å². The monoisotopic (exact) mass is 267 g/mol. The number of carboxylic acid groups (broad SMARTS) is 1. The summed E-state index contributed by atoms with van der Waals surface area (Å²) >= 11 is 0. The lowest BCUT2D eigenvalue weighted by molar-refractivity contribution is 0.0690. The Labute approximate surface area is 115 Å². The Hall–Kier alpha value is -2.69. The van der Waals surface area contributed by atoms with Gasteiger partial charge in [-0.3, -0.25) is 4.57 Å². The lowest BCUT2D eigenvalue weighted by Gasteiger charge is -2.10. The molecular formula is C15H13N3O2. The summed E-state index contributed by atoms with van der Waals surface area (Å²) in [4.78, 5) is 19.8. The molecule has 0 aliphatic rings. The van der Waals surface area contributed by atoms with Crippen LogP contribution in [0.5, 0.6) is 0 Å². The van der Waals surface area contributed by atoms with Gasteiger partial charge in [0.15, 0.2) is 5.69 Å². The Bertz CT molecular complexity index is 793. The van der Waals surface area contributed by atoms with Gasteiger partial charge in [0.2, 0.25) is 0 Å². The number of pyridine rings is 1. The number of carboxylic acids is 1. The fourth-order valence-electron chi connectivity index (χ4n) is 2.26. The van der Waals surface area contributed by atoms with Crippen molar-refractivity contribution in [2.45, 2.75) is 13.3 Å². The van der Waals surface area contributed by atoms with Crippen LogP contribution in [0.4, 0.5) is 0 Å². The smallest absolute Gasteiger partial charge is 0.354 e. The van der Waals surface area contributed by atoms with Gasteiger partial charge in [0.05, 0.1) is 0 Å². The predicted octanol–water partition coefficient (Wildman–Crippen LogP) is 2.68. The van der Waals surface area contributed by atoms with E-state index in [1.54, 1.807) is 18.5 Å². The molecule has 100 valence electrons. The van der Waals surface area contributed by atoms with E-state index in [-0.39, 0.29) is 5.69 Å². The Balaban J connectivity index is 2.36. The first kappa shape index (κ1) is 12.3. The average molecular weight is 267 g/mol. The van der Waals surface area contributed by atoms with Crippen LogP contribution in [0.1, 0.15) is 23.2 Å². The second kappa shape index (κ2) is 4.77. The van der Waals surface area contributed by atoms with Crippen molar-refractivity contribution in [2.75, 3.05) is 0 Å². The van der Waals surface area contributed by atoms with Gasteiger partial charge in [-0.15, -0.1) is 0 Å². The summed E-state index contributed by atoms with van der Waals surface area (Å²) in [6, 6.07) is 9.20. The van der Waals surface area contributed by atoms with E-state index in [1.165, 1.54) is 0 Å². The minimum Gasteiger partial charge on any atom is -0.477 e. The maximum atomic E-state index is 11.2. The number of aromatic carboxylic acids is 1. The number of hydrogen-bond acceptors (Lipinski definition) is 3. The second-order valence-electron chi connectivity index (χ2n) is 4.42. The van der Waals surface area contributed by atoms with Crippen molar-refractivity contribution in [3.63, 3.8) is 0 Å². The highest BCUT2D eigenvalue weighted by atomic mass is 16.4. The highest BCUT2D eigenvalue weighted by Gasteiger charge is 2.13. The zero-order valence-electron chi connectivity index (χ0n) is 10.9. The summed E-state index contributed by atoms with van der Waals surface area (Å²) in [5.41, 5.74) is 0.0365. The van der Waals surface area contributed by atoms with Crippen LogP contribution in [0.2, 0.25) is 0 Å². The SMILES string of the molecule is CCc1nccn1-c1nc(C(=O)O)cc2ccccc12. The number of hydrogen-bond donors (Lipinski definition) is 1. The molecule has 5 nitrogen and oxygen atoms in total. The van der Waals surface area contributed by atoms with Crippen LogP contribution in [0.15, 0.2) is 42.7 Å². The molecule has 0 atom stereocenters. The van der Waals surface area contributed by atoms with Gasteiger partial charge < -0.3 is 5.11 Å². The van der Waals surface area contributed by atoms with E-state index in [2.05, 4.69) is 9.97 Å². The highest BCUT2D eigenvalue weighted by Crippen LogP contribution is 2.22. The quantitative estimate of drug-likeness (QED) is 0.792. The van der Waals surface area contributed by atoms with Crippen LogP contribution in [-0.4, -0.2) is 25.6 Å². The van der Waals surface area contributed by atoms with E-state index >= 15 is 0 Å². The molecule has 1 N–H and O–H groups in total. The van der Waals surface area contributed by atoms with E-state index in [4.69, 9.17) is 0 Å². The Morgan fingerprint density at radius 2 is 2.15 bits per heavy atom. The molecular weight excluding hydrogens is 254 g/mol. The van der Waals surface area contributed by atoms with E-state index in [0.717, 1.165) is 23.0 Å². The highest BCUT2D eigenvalue weighted by molar-refractivity contribution is 5.95. The number of aryl methyl sites for hydroxylation is 1. The Morgan fingerprint density at radius 3 is 2.90 bits per heavy atom. The molecule has 0 fully saturated rings. The summed E-state index contributed by atoms with van der Waals surface area (Å²) < 4.78 is 1.84. The van der Waals surface area contributed by atoms with Gasteiger partial charge in [-0.25, -0.2) is 14.8 Å². The maximum Gasteiger partial charge on any atom is 0.354 e. The molecule has 0 aliphatic heterocycles. The molecule has 0 bridgehead atoms. The van der Waals surface area contributed by atoms with Crippen LogP contribution >= 0.6 is 0 Å². The van der Waals surface area contributed by atoms with Crippen molar-refractivity contribution in [1.29, 1.82) is 0 Å². The van der Waals surface area contributed by atoms with Crippen molar-refractivity contribution in [2.24, 2.45) is 0 Å². The Morgan fingerprint density at radius 1 is 1.35 bits per heavy atom. The molecule has 20 heavy (non-hydrogen) atoms. The third-order valence-electron chi connectivity index (χ3n) is 3.20. The molecule has 0 radical (unpaired) electrons. The molecule has 1 aromatic carbocycles. The van der Waals surface area contributed by atoms with E-state index in [1.807, 2.05) is 35.8 Å². The lowest BCUT2D eigenvalue weighted by atomic mass is 10.1. The van der Waals surface area contributed by atoms with Gasteiger partial charge in [-0.2, -0.15) is 0 Å². The normalized spacial score (nSPS) is 10.8. The molecule has 5 heteroatoms. The fraction of sp³-hybridized carbons (Fsp3) is 0.133. The number of rotatable bonds is 3. The summed E-state index contributed by atoms with van der Waals surface area (Å²) in [7, 11) is 0. The van der Waals surface area contributed by atoms with Crippen LogP contribution in [0.3, 0.4) is 0 Å². The topological polar surface area (TPSA) is 68.0 Å². The summed E-state index contributed by atoms with van der Waals surface area (Å²) in [6.07, 6.45) is 4.25. The average Bonchev–Trinajstić information content (AvgIpc) is 2.94. The number of fused-ring (bicyclic) bond motifs is 1. The standard InChI is InChI=1S/C15H13N3O2/c1-2-13-16-7-8-18(13)14-11-6-4-3-5-10(11)9-12(17-14)15(19)20/h3-9H,2H2,1H3,(H,19,20). The van der Waals surface area contributed by atoms with Crippen LogP contribution in [0.25, 0.3) is 16.6 Å². The van der Waals surface area contributed by atoms with Gasteiger partial charge in [-0.05, 0) is 11.5 Å². The minimum atomic E-state index is -1.03. The Kier molecular flexibility index (Phi) is 2.95. The molecule has 3 rings (SSSR count). The molecule has 2 heterocycles. The van der Waals surface area contributed by atoms with Crippen molar-refractivity contribution in [1.82, 2.24) is 14.5 Å². The first-order valence-corrected chi connectivity index (χ1v) is 6.36. The van der Waals surface area contributed by atoms with E-state index < -0.39 is 5.97 Å². The molecule has 0 unspecified atom stereocenters. The minimum absolute atomic E-state index is 0.0365.